The molecule has 7 heteroatoms. The lowest BCUT2D eigenvalue weighted by Crippen LogP contribution is -2.21. The maximum Gasteiger partial charge on any atom is 0.131 e. The van der Waals surface area contributed by atoms with Crippen LogP contribution in [0, 0.1) is 5.92 Å². The van der Waals surface area contributed by atoms with Crippen LogP contribution in [0.15, 0.2) is 40.6 Å². The fourth-order valence-corrected chi connectivity index (χ4v) is 4.07. The molecule has 1 aromatic carbocycles. The van der Waals surface area contributed by atoms with Crippen molar-refractivity contribution in [3.63, 3.8) is 0 Å². The number of nitrogens with two attached hydrogens (primary N) is 1. The van der Waals surface area contributed by atoms with Crippen molar-refractivity contribution in [2.45, 2.75) is 38.3 Å². The van der Waals surface area contributed by atoms with Gasteiger partial charge < -0.3 is 15.1 Å². The first kappa shape index (κ1) is 17.3. The Morgan fingerprint density at radius 3 is 2.79 bits per heavy atom. The molecule has 0 unspecified atom stereocenters. The topological polar surface area (TPSA) is 90.7 Å². The summed E-state index contributed by atoms with van der Waals surface area (Å²) in [5, 5.41) is 5.03. The molecule has 0 radical (unpaired) electrons. The van der Waals surface area contributed by atoms with Crippen molar-refractivity contribution >= 4 is 33.9 Å². The van der Waals surface area contributed by atoms with E-state index in [-0.39, 0.29) is 0 Å². The lowest BCUT2D eigenvalue weighted by molar-refractivity contribution is 0.0699. The van der Waals surface area contributed by atoms with Gasteiger partial charge in [-0.3, -0.25) is 9.98 Å². The normalized spacial score (nSPS) is 19.2. The van der Waals surface area contributed by atoms with Gasteiger partial charge >= 0.3 is 0 Å². The molecule has 2 fully saturated rings. The molecule has 1 aliphatic carbocycles. The highest BCUT2D eigenvalue weighted by Gasteiger charge is 2.27. The predicted molar refractivity (Wildman–Crippen MR) is 111 cm³/mol. The van der Waals surface area contributed by atoms with E-state index in [2.05, 4.69) is 31.8 Å². The van der Waals surface area contributed by atoms with Gasteiger partial charge in [0.25, 0.3) is 0 Å². The number of nitrogens with zero attached hydrogens (tertiary/aromatic N) is 5. The van der Waals surface area contributed by atoms with Crippen LogP contribution in [0.3, 0.4) is 0 Å². The number of hydrazone groups is 1. The van der Waals surface area contributed by atoms with Crippen LogP contribution in [-0.4, -0.2) is 39.7 Å². The van der Waals surface area contributed by atoms with E-state index in [1.165, 1.54) is 0 Å². The standard InChI is InChI=1S/C21H24N6O/c22-26-18(14-5-6-14)11-23-13-20-25-19-12-24-17-4-2-1-3-16(17)21(19)27(20)15-7-9-28-10-8-15/h1-4,11-12,14-15H,5-10,13,22H2. The molecule has 1 saturated heterocycles. The summed E-state index contributed by atoms with van der Waals surface area (Å²) in [6.07, 6.45) is 7.97. The number of fused-ring (bicyclic) bond motifs is 3. The highest BCUT2D eigenvalue weighted by molar-refractivity contribution is 6.32. The van der Waals surface area contributed by atoms with E-state index in [0.717, 1.165) is 72.4 Å². The van der Waals surface area contributed by atoms with Gasteiger partial charge in [0, 0.05) is 36.8 Å². The highest BCUT2D eigenvalue weighted by Crippen LogP contribution is 2.32. The van der Waals surface area contributed by atoms with Crippen molar-refractivity contribution in [1.82, 2.24) is 14.5 Å². The number of hydrogen-bond acceptors (Lipinski definition) is 6. The molecule has 0 spiro atoms. The Labute approximate surface area is 163 Å². The molecule has 1 saturated carbocycles. The Bertz CT molecular complexity index is 1060. The number of benzene rings is 1. The zero-order valence-electron chi connectivity index (χ0n) is 15.8. The molecule has 0 bridgehead atoms. The van der Waals surface area contributed by atoms with Crippen LogP contribution in [-0.2, 0) is 11.3 Å². The van der Waals surface area contributed by atoms with Gasteiger partial charge in [-0.1, -0.05) is 18.2 Å². The number of rotatable bonds is 5. The first-order valence-electron chi connectivity index (χ1n) is 9.95. The Morgan fingerprint density at radius 2 is 2.00 bits per heavy atom. The van der Waals surface area contributed by atoms with Crippen molar-refractivity contribution in [3.05, 3.63) is 36.3 Å². The second kappa shape index (κ2) is 7.31. The molecule has 2 N–H and O–H groups in total. The fraction of sp³-hybridized carbons (Fsp3) is 0.429. The van der Waals surface area contributed by atoms with Gasteiger partial charge in [0.2, 0.25) is 0 Å². The van der Waals surface area contributed by atoms with Crippen molar-refractivity contribution in [3.8, 4) is 0 Å². The SMILES string of the molecule is NN=C(C=NCc1nc2cnc3ccccc3c2n1C1CCOCC1)C1CC1. The van der Waals surface area contributed by atoms with Gasteiger partial charge in [0.1, 0.15) is 11.3 Å². The number of pyridine rings is 1. The van der Waals surface area contributed by atoms with E-state index >= 15 is 0 Å². The van der Waals surface area contributed by atoms with E-state index in [1.54, 1.807) is 0 Å². The summed E-state index contributed by atoms with van der Waals surface area (Å²) in [6.45, 7) is 2.07. The summed E-state index contributed by atoms with van der Waals surface area (Å²) < 4.78 is 7.96. The molecule has 3 heterocycles. The van der Waals surface area contributed by atoms with Gasteiger partial charge in [-0.2, -0.15) is 5.10 Å². The molecular formula is C21H24N6O. The lowest BCUT2D eigenvalue weighted by Gasteiger charge is -2.26. The number of para-hydroxylation sites is 1. The van der Waals surface area contributed by atoms with Crippen molar-refractivity contribution in [2.24, 2.45) is 21.9 Å². The number of hydrogen-bond donors (Lipinski definition) is 1. The van der Waals surface area contributed by atoms with Crippen molar-refractivity contribution in [2.75, 3.05) is 13.2 Å². The summed E-state index contributed by atoms with van der Waals surface area (Å²) in [5.74, 6) is 6.96. The molecule has 144 valence electrons. The molecule has 28 heavy (non-hydrogen) atoms. The van der Waals surface area contributed by atoms with E-state index in [1.807, 2.05) is 24.5 Å². The molecule has 2 aliphatic rings. The minimum absolute atomic E-state index is 0.362. The Hall–Kier alpha value is -2.80. The number of aliphatic imine (C=N–C) groups is 1. The summed E-state index contributed by atoms with van der Waals surface area (Å²) in [4.78, 5) is 14.1. The van der Waals surface area contributed by atoms with Crippen molar-refractivity contribution < 1.29 is 4.74 Å². The van der Waals surface area contributed by atoms with Crippen LogP contribution in [0.5, 0.6) is 0 Å². The zero-order chi connectivity index (χ0) is 18.9. The van der Waals surface area contributed by atoms with Crippen molar-refractivity contribution in [1.29, 1.82) is 0 Å². The summed E-state index contributed by atoms with van der Waals surface area (Å²) in [5.41, 5.74) is 3.95. The minimum atomic E-state index is 0.362. The lowest BCUT2D eigenvalue weighted by atomic mass is 10.1. The number of aromatic nitrogens is 3. The molecule has 0 atom stereocenters. The van der Waals surface area contributed by atoms with E-state index in [9.17, 15) is 0 Å². The molecule has 1 aliphatic heterocycles. The maximum atomic E-state index is 5.59. The number of imidazole rings is 1. The van der Waals surface area contributed by atoms with Gasteiger partial charge in [-0.15, -0.1) is 0 Å². The largest absolute Gasteiger partial charge is 0.381 e. The van der Waals surface area contributed by atoms with Gasteiger partial charge in [-0.25, -0.2) is 4.98 Å². The van der Waals surface area contributed by atoms with Crippen LogP contribution >= 0.6 is 0 Å². The predicted octanol–water partition coefficient (Wildman–Crippen LogP) is 3.23. The third kappa shape index (κ3) is 3.16. The molecule has 3 aromatic rings. The second-order valence-electron chi connectivity index (χ2n) is 7.55. The minimum Gasteiger partial charge on any atom is -0.381 e. The molecule has 2 aromatic heterocycles. The highest BCUT2D eigenvalue weighted by atomic mass is 16.5. The Balaban J connectivity index is 1.59. The average molecular weight is 376 g/mol. The molecule has 0 amide bonds. The van der Waals surface area contributed by atoms with E-state index in [0.29, 0.717) is 18.5 Å². The first-order valence-corrected chi connectivity index (χ1v) is 9.95. The monoisotopic (exact) mass is 376 g/mol. The third-order valence-electron chi connectivity index (χ3n) is 5.65. The molecule has 5 rings (SSSR count). The first-order chi connectivity index (χ1) is 13.8. The van der Waals surface area contributed by atoms with Crippen LogP contribution in [0.2, 0.25) is 0 Å². The van der Waals surface area contributed by atoms with Crippen LogP contribution in [0.25, 0.3) is 21.9 Å². The molecular weight excluding hydrogens is 352 g/mol. The second-order valence-corrected chi connectivity index (χ2v) is 7.55. The Kier molecular flexibility index (Phi) is 4.52. The smallest absolute Gasteiger partial charge is 0.131 e. The fourth-order valence-electron chi connectivity index (χ4n) is 4.07. The van der Waals surface area contributed by atoms with Gasteiger partial charge in [-0.05, 0) is 31.7 Å². The average Bonchev–Trinajstić information content (AvgIpc) is 3.52. The maximum absolute atomic E-state index is 5.59. The quantitative estimate of drug-likeness (QED) is 0.420. The number of ether oxygens (including phenoxy) is 1. The van der Waals surface area contributed by atoms with Gasteiger partial charge in [0.15, 0.2) is 0 Å². The Morgan fingerprint density at radius 1 is 1.18 bits per heavy atom. The van der Waals surface area contributed by atoms with Crippen LogP contribution < -0.4 is 5.84 Å². The van der Waals surface area contributed by atoms with Gasteiger partial charge in [0.05, 0.1) is 29.5 Å². The zero-order valence-corrected chi connectivity index (χ0v) is 15.8. The molecule has 7 nitrogen and oxygen atoms in total. The van der Waals surface area contributed by atoms with E-state index < -0.39 is 0 Å². The van der Waals surface area contributed by atoms with E-state index in [4.69, 9.17) is 15.6 Å². The summed E-state index contributed by atoms with van der Waals surface area (Å²) >= 11 is 0. The summed E-state index contributed by atoms with van der Waals surface area (Å²) in [7, 11) is 0. The summed E-state index contributed by atoms with van der Waals surface area (Å²) in [6, 6.07) is 8.62. The van der Waals surface area contributed by atoms with Crippen LogP contribution in [0.1, 0.15) is 37.5 Å². The third-order valence-corrected chi connectivity index (χ3v) is 5.65. The van der Waals surface area contributed by atoms with Crippen LogP contribution in [0.4, 0.5) is 0 Å².